The van der Waals surface area contributed by atoms with Crippen molar-refractivity contribution in [2.45, 2.75) is 12.5 Å². The average molecular weight is 174 g/mol. The van der Waals surface area contributed by atoms with E-state index in [0.717, 1.165) is 6.42 Å². The van der Waals surface area contributed by atoms with Gasteiger partial charge in [0, 0.05) is 6.42 Å². The molecule has 2 heteroatoms. The molecular weight excluding hydrogens is 160 g/mol. The molecule has 0 spiro atoms. The maximum Gasteiger partial charge on any atom is 0.101 e. The van der Waals surface area contributed by atoms with E-state index >= 15 is 0 Å². The monoisotopic (exact) mass is 174 g/mol. The van der Waals surface area contributed by atoms with Gasteiger partial charge in [0.25, 0.3) is 0 Å². The zero-order chi connectivity index (χ0) is 9.68. The number of benzene rings is 1. The summed E-state index contributed by atoms with van der Waals surface area (Å²) in [5, 5.41) is 8.87. The summed E-state index contributed by atoms with van der Waals surface area (Å²) in [4.78, 5) is 1.94. The van der Waals surface area contributed by atoms with Crippen LogP contribution in [0.1, 0.15) is 5.56 Å². The minimum Gasteiger partial charge on any atom is -0.294 e. The van der Waals surface area contributed by atoms with Crippen LogP contribution >= 0.6 is 0 Å². The van der Waals surface area contributed by atoms with Gasteiger partial charge < -0.3 is 0 Å². The standard InChI is InChI=1S/C11H14N2/c1-13(2)11(9-12)8-10-6-4-3-5-7-10/h3-7,11H,8H2,1-2H3. The second kappa shape index (κ2) is 4.64. The van der Waals surface area contributed by atoms with E-state index in [1.807, 2.05) is 49.3 Å². The van der Waals surface area contributed by atoms with Crippen molar-refractivity contribution in [3.05, 3.63) is 35.9 Å². The first kappa shape index (κ1) is 9.76. The van der Waals surface area contributed by atoms with Gasteiger partial charge in [0.05, 0.1) is 6.07 Å². The van der Waals surface area contributed by atoms with E-state index in [4.69, 9.17) is 5.26 Å². The Balaban J connectivity index is 2.64. The molecule has 0 aliphatic heterocycles. The Morgan fingerprint density at radius 1 is 1.31 bits per heavy atom. The van der Waals surface area contributed by atoms with E-state index < -0.39 is 0 Å². The maximum atomic E-state index is 8.87. The van der Waals surface area contributed by atoms with Gasteiger partial charge in [-0.3, -0.25) is 4.90 Å². The van der Waals surface area contributed by atoms with Crippen LogP contribution in [-0.4, -0.2) is 25.0 Å². The quantitative estimate of drug-likeness (QED) is 0.697. The van der Waals surface area contributed by atoms with Crippen LogP contribution in [0.25, 0.3) is 0 Å². The first-order valence-corrected chi connectivity index (χ1v) is 4.34. The van der Waals surface area contributed by atoms with Crippen molar-refractivity contribution in [3.8, 4) is 6.07 Å². The number of nitrogens with zero attached hydrogens (tertiary/aromatic N) is 2. The normalized spacial score (nSPS) is 12.5. The smallest absolute Gasteiger partial charge is 0.101 e. The summed E-state index contributed by atoms with van der Waals surface area (Å²) in [5.74, 6) is 0. The summed E-state index contributed by atoms with van der Waals surface area (Å²) in [5.41, 5.74) is 1.21. The van der Waals surface area contributed by atoms with Gasteiger partial charge in [-0.05, 0) is 19.7 Å². The van der Waals surface area contributed by atoms with Crippen LogP contribution in [0.15, 0.2) is 30.3 Å². The number of nitriles is 1. The Morgan fingerprint density at radius 3 is 2.38 bits per heavy atom. The molecule has 1 aromatic carbocycles. The number of hydrogen-bond acceptors (Lipinski definition) is 2. The van der Waals surface area contributed by atoms with Crippen molar-refractivity contribution in [3.63, 3.8) is 0 Å². The molecule has 1 aromatic rings. The average Bonchev–Trinajstić information content (AvgIpc) is 2.15. The third-order valence-corrected chi connectivity index (χ3v) is 2.04. The molecule has 0 aliphatic rings. The van der Waals surface area contributed by atoms with Crippen molar-refractivity contribution in [1.29, 1.82) is 5.26 Å². The molecule has 0 N–H and O–H groups in total. The Bertz CT molecular complexity index is 285. The molecule has 0 amide bonds. The highest BCUT2D eigenvalue weighted by Gasteiger charge is 2.09. The summed E-state index contributed by atoms with van der Waals surface area (Å²) < 4.78 is 0. The van der Waals surface area contributed by atoms with Gasteiger partial charge in [-0.25, -0.2) is 0 Å². The molecule has 2 nitrogen and oxygen atoms in total. The molecule has 1 rings (SSSR count). The summed E-state index contributed by atoms with van der Waals surface area (Å²) >= 11 is 0. The molecule has 13 heavy (non-hydrogen) atoms. The van der Waals surface area contributed by atoms with E-state index in [9.17, 15) is 0 Å². The first-order chi connectivity index (χ1) is 6.24. The van der Waals surface area contributed by atoms with E-state index in [2.05, 4.69) is 6.07 Å². The molecule has 0 radical (unpaired) electrons. The molecule has 0 aliphatic carbocycles. The topological polar surface area (TPSA) is 27.0 Å². The fourth-order valence-corrected chi connectivity index (χ4v) is 1.18. The van der Waals surface area contributed by atoms with Gasteiger partial charge in [0.15, 0.2) is 0 Å². The number of likely N-dealkylation sites (N-methyl/N-ethyl adjacent to an activating group) is 1. The molecule has 0 fully saturated rings. The highest BCUT2D eigenvalue weighted by molar-refractivity contribution is 5.17. The van der Waals surface area contributed by atoms with Crippen molar-refractivity contribution >= 4 is 0 Å². The van der Waals surface area contributed by atoms with Crippen LogP contribution in [0.3, 0.4) is 0 Å². The highest BCUT2D eigenvalue weighted by atomic mass is 15.1. The summed E-state index contributed by atoms with van der Waals surface area (Å²) in [6, 6.07) is 12.3. The lowest BCUT2D eigenvalue weighted by molar-refractivity contribution is 0.348. The largest absolute Gasteiger partial charge is 0.294 e. The van der Waals surface area contributed by atoms with Crippen LogP contribution in [0.4, 0.5) is 0 Å². The van der Waals surface area contributed by atoms with Gasteiger partial charge in [0.2, 0.25) is 0 Å². The van der Waals surface area contributed by atoms with E-state index in [0.29, 0.717) is 0 Å². The summed E-state index contributed by atoms with van der Waals surface area (Å²) in [6.45, 7) is 0. The van der Waals surface area contributed by atoms with E-state index in [1.165, 1.54) is 5.56 Å². The molecule has 0 bridgehead atoms. The van der Waals surface area contributed by atoms with Gasteiger partial charge in [0.1, 0.15) is 6.04 Å². The SMILES string of the molecule is CN(C)C(C#N)Cc1ccccc1. The maximum absolute atomic E-state index is 8.87. The van der Waals surface area contributed by atoms with Gasteiger partial charge in [-0.1, -0.05) is 30.3 Å². The Morgan fingerprint density at radius 2 is 1.92 bits per heavy atom. The molecule has 0 heterocycles. The molecule has 1 unspecified atom stereocenters. The molecular formula is C11H14N2. The summed E-state index contributed by atoms with van der Waals surface area (Å²) in [7, 11) is 3.85. The van der Waals surface area contributed by atoms with E-state index in [-0.39, 0.29) is 6.04 Å². The van der Waals surface area contributed by atoms with Crippen molar-refractivity contribution < 1.29 is 0 Å². The molecule has 1 atom stereocenters. The fourth-order valence-electron chi connectivity index (χ4n) is 1.18. The molecule has 68 valence electrons. The Labute approximate surface area is 79.4 Å². The zero-order valence-electron chi connectivity index (χ0n) is 8.07. The van der Waals surface area contributed by atoms with Crippen molar-refractivity contribution in [2.75, 3.05) is 14.1 Å². The fraction of sp³-hybridized carbons (Fsp3) is 0.364. The predicted octanol–water partition coefficient (Wildman–Crippen LogP) is 1.68. The zero-order valence-corrected chi connectivity index (χ0v) is 8.07. The number of hydrogen-bond donors (Lipinski definition) is 0. The van der Waals surface area contributed by atoms with Crippen molar-refractivity contribution in [1.82, 2.24) is 4.90 Å². The second-order valence-electron chi connectivity index (χ2n) is 3.30. The lowest BCUT2D eigenvalue weighted by atomic mass is 10.1. The minimum absolute atomic E-state index is 0.0256. The highest BCUT2D eigenvalue weighted by Crippen LogP contribution is 2.05. The predicted molar refractivity (Wildman–Crippen MR) is 53.2 cm³/mol. The van der Waals surface area contributed by atoms with Crippen LogP contribution < -0.4 is 0 Å². The lowest BCUT2D eigenvalue weighted by Gasteiger charge is -2.16. The molecule has 0 saturated heterocycles. The van der Waals surface area contributed by atoms with E-state index in [1.54, 1.807) is 0 Å². The van der Waals surface area contributed by atoms with Crippen LogP contribution in [-0.2, 0) is 6.42 Å². The van der Waals surface area contributed by atoms with Gasteiger partial charge in [-0.15, -0.1) is 0 Å². The third kappa shape index (κ3) is 2.89. The van der Waals surface area contributed by atoms with Gasteiger partial charge >= 0.3 is 0 Å². The third-order valence-electron chi connectivity index (χ3n) is 2.04. The summed E-state index contributed by atoms with van der Waals surface area (Å²) in [6.07, 6.45) is 0.796. The Kier molecular flexibility index (Phi) is 3.48. The van der Waals surface area contributed by atoms with Crippen LogP contribution in [0, 0.1) is 11.3 Å². The lowest BCUT2D eigenvalue weighted by Crippen LogP contribution is -2.28. The molecule has 0 aromatic heterocycles. The van der Waals surface area contributed by atoms with Crippen LogP contribution in [0.5, 0.6) is 0 Å². The Hall–Kier alpha value is -1.33. The van der Waals surface area contributed by atoms with Crippen molar-refractivity contribution in [2.24, 2.45) is 0 Å². The second-order valence-corrected chi connectivity index (χ2v) is 3.30. The minimum atomic E-state index is -0.0256. The molecule has 0 saturated carbocycles. The van der Waals surface area contributed by atoms with Gasteiger partial charge in [-0.2, -0.15) is 5.26 Å². The first-order valence-electron chi connectivity index (χ1n) is 4.34. The van der Waals surface area contributed by atoms with Crippen LogP contribution in [0.2, 0.25) is 0 Å². The number of rotatable bonds is 3.